The smallest absolute Gasteiger partial charge is 0.233 e. The molecule has 5 rings (SSSR count). The molecule has 4 heterocycles. The van der Waals surface area contributed by atoms with Crippen molar-refractivity contribution in [2.75, 3.05) is 10.6 Å². The van der Waals surface area contributed by atoms with Crippen molar-refractivity contribution in [3.63, 3.8) is 0 Å². The lowest BCUT2D eigenvalue weighted by molar-refractivity contribution is -0.115. The number of anilines is 2. The Bertz CT molecular complexity index is 1220. The van der Waals surface area contributed by atoms with Crippen LogP contribution in [0.15, 0.2) is 26.7 Å². The molecule has 206 valence electrons. The minimum absolute atomic E-state index is 0.155. The van der Waals surface area contributed by atoms with Gasteiger partial charge in [-0.25, -0.2) is 0 Å². The van der Waals surface area contributed by atoms with Crippen LogP contribution in [0.25, 0.3) is 0 Å². The number of rotatable bonds is 8. The Kier molecular flexibility index (Phi) is 11.8. The Morgan fingerprint density at radius 2 is 1.68 bits per heavy atom. The summed E-state index contributed by atoms with van der Waals surface area (Å²) in [6.45, 7) is 9.81. The van der Waals surface area contributed by atoms with Crippen LogP contribution in [0.5, 0.6) is 0 Å². The second-order valence-corrected chi connectivity index (χ2v) is 10.7. The molecule has 1 aliphatic carbocycles. The molecule has 1 saturated carbocycles. The molecular weight excluding hydrogens is 524 g/mol. The first-order chi connectivity index (χ1) is 18.4. The topological polar surface area (TPSA) is 145 Å². The second-order valence-electron chi connectivity index (χ2n) is 8.87. The van der Waals surface area contributed by atoms with Crippen LogP contribution in [0, 0.1) is 13.8 Å². The van der Waals surface area contributed by atoms with Gasteiger partial charge >= 0.3 is 0 Å². The van der Waals surface area contributed by atoms with Gasteiger partial charge in [0.05, 0.1) is 17.8 Å². The van der Waals surface area contributed by atoms with E-state index in [4.69, 9.17) is 9.05 Å². The number of carbonyl (C=O) groups excluding carboxylic acids is 1. The van der Waals surface area contributed by atoms with Crippen molar-refractivity contribution >= 4 is 38.8 Å². The second kappa shape index (κ2) is 15.3. The lowest BCUT2D eigenvalue weighted by atomic mass is 9.90. The monoisotopic (exact) mass is 560 g/mol. The van der Waals surface area contributed by atoms with Crippen molar-refractivity contribution in [2.45, 2.75) is 91.5 Å². The first kappa shape index (κ1) is 29.4. The van der Waals surface area contributed by atoms with E-state index in [0.29, 0.717) is 16.8 Å². The zero-order valence-electron chi connectivity index (χ0n) is 22.6. The molecule has 11 nitrogen and oxygen atoms in total. The maximum atomic E-state index is 11.9. The predicted octanol–water partition coefficient (Wildman–Crippen LogP) is 5.97. The Hall–Kier alpha value is -3.19. The predicted molar refractivity (Wildman–Crippen MR) is 149 cm³/mol. The van der Waals surface area contributed by atoms with Gasteiger partial charge in [0.2, 0.25) is 16.2 Å². The third kappa shape index (κ3) is 9.60. The van der Waals surface area contributed by atoms with Gasteiger partial charge in [0.15, 0.2) is 0 Å². The van der Waals surface area contributed by atoms with Gasteiger partial charge in [-0.15, -0.1) is 20.4 Å². The van der Waals surface area contributed by atoms with Gasteiger partial charge < -0.3 is 19.7 Å². The molecule has 2 N–H and O–H groups in total. The zero-order chi connectivity index (χ0) is 27.3. The average molecular weight is 561 g/mol. The van der Waals surface area contributed by atoms with E-state index >= 15 is 0 Å². The highest BCUT2D eigenvalue weighted by molar-refractivity contribution is 7.15. The maximum Gasteiger partial charge on any atom is 0.233 e. The fourth-order valence-electron chi connectivity index (χ4n) is 3.93. The van der Waals surface area contributed by atoms with Crippen LogP contribution in [-0.2, 0) is 17.6 Å². The number of aromatic nitrogens is 6. The van der Waals surface area contributed by atoms with Gasteiger partial charge in [0.25, 0.3) is 0 Å². The molecule has 38 heavy (non-hydrogen) atoms. The Balaban J connectivity index is 0.000000208. The van der Waals surface area contributed by atoms with Crippen LogP contribution >= 0.6 is 22.7 Å². The summed E-state index contributed by atoms with van der Waals surface area (Å²) in [5, 5.41) is 32.0. The van der Waals surface area contributed by atoms with Gasteiger partial charge in [-0.1, -0.05) is 66.1 Å². The van der Waals surface area contributed by atoms with Crippen LogP contribution in [0.2, 0.25) is 0 Å². The summed E-state index contributed by atoms with van der Waals surface area (Å²) in [4.78, 5) is 11.9. The number of nitrogens with one attached hydrogen (secondary N) is 2. The summed E-state index contributed by atoms with van der Waals surface area (Å²) in [6.07, 6.45) is 7.16. The zero-order valence-corrected chi connectivity index (χ0v) is 24.2. The van der Waals surface area contributed by atoms with E-state index in [1.54, 1.807) is 11.6 Å². The lowest BCUT2D eigenvalue weighted by Gasteiger charge is -2.18. The minimum atomic E-state index is -0.155. The van der Waals surface area contributed by atoms with Gasteiger partial charge in [-0.3, -0.25) is 4.79 Å². The molecule has 1 unspecified atom stereocenters. The summed E-state index contributed by atoms with van der Waals surface area (Å²) in [5.74, 6) is 1.80. The molecular formula is C25H36N8O3S2. The Labute approximate surface area is 230 Å². The van der Waals surface area contributed by atoms with E-state index in [0.717, 1.165) is 33.7 Å². The van der Waals surface area contributed by atoms with Gasteiger partial charge in [-0.05, 0) is 33.6 Å². The summed E-state index contributed by atoms with van der Waals surface area (Å²) in [5.41, 5.74) is 3.38. The lowest BCUT2D eigenvalue weighted by Crippen LogP contribution is -2.17. The molecule has 0 aliphatic heterocycles. The van der Waals surface area contributed by atoms with Crippen LogP contribution in [-0.4, -0.2) is 42.7 Å². The van der Waals surface area contributed by atoms with Gasteiger partial charge in [-0.2, -0.15) is 0 Å². The summed E-state index contributed by atoms with van der Waals surface area (Å²) in [6, 6.07) is 3.95. The number of hydrogen-bond acceptors (Lipinski definition) is 12. The molecule has 1 fully saturated rings. The molecule has 0 radical (unpaired) electrons. The SMILES string of the molecule is CC.Cc1cc(CC(=O)Nc2nnc(C3CCCCC3)s2)on1.Cc1cc(CC(C)Nc2nncs2)on1. The van der Waals surface area contributed by atoms with Crippen LogP contribution in [0.4, 0.5) is 10.3 Å². The molecule has 4 aromatic heterocycles. The standard InChI is InChI=1S/C14H18N4O2S.C9H12N4OS.C2H6/c1-9-7-11(20-18-9)8-12(19)15-14-17-16-13(21-14)10-5-3-2-4-6-10;1-6(11-9-12-10-5-15-9)3-8-4-7(2)13-14-8;1-2/h7,10H,2-6,8H2,1H3,(H,15,17,19);4-6H,3H2,1-2H3,(H,11,12);1-2H3. The molecule has 1 aliphatic rings. The van der Waals surface area contributed by atoms with Crippen molar-refractivity contribution in [1.29, 1.82) is 0 Å². The minimum Gasteiger partial charge on any atom is -0.361 e. The number of nitrogens with zero attached hydrogens (tertiary/aromatic N) is 6. The van der Waals surface area contributed by atoms with Gasteiger partial charge in [0, 0.05) is 30.5 Å². The molecule has 13 heteroatoms. The first-order valence-corrected chi connectivity index (χ1v) is 14.6. The third-order valence-electron chi connectivity index (χ3n) is 5.57. The molecule has 1 atom stereocenters. The van der Waals surface area contributed by atoms with Crippen LogP contribution < -0.4 is 10.6 Å². The molecule has 0 spiro atoms. The highest BCUT2D eigenvalue weighted by Crippen LogP contribution is 2.35. The van der Waals surface area contributed by atoms with E-state index in [9.17, 15) is 4.79 Å². The molecule has 1 amide bonds. The summed E-state index contributed by atoms with van der Waals surface area (Å²) in [7, 11) is 0. The van der Waals surface area contributed by atoms with Crippen LogP contribution in [0.3, 0.4) is 0 Å². The molecule has 0 saturated heterocycles. The first-order valence-electron chi connectivity index (χ1n) is 12.9. The van der Waals surface area contributed by atoms with Crippen molar-refractivity contribution < 1.29 is 13.8 Å². The molecule has 0 aromatic carbocycles. The van der Waals surface area contributed by atoms with E-state index in [1.807, 2.05) is 33.8 Å². The largest absolute Gasteiger partial charge is 0.361 e. The van der Waals surface area contributed by atoms with Crippen molar-refractivity contribution in [3.8, 4) is 0 Å². The van der Waals surface area contributed by atoms with Crippen LogP contribution in [0.1, 0.15) is 86.7 Å². The average Bonchev–Trinajstić information content (AvgIpc) is 3.72. The number of carbonyl (C=O) groups is 1. The van der Waals surface area contributed by atoms with Crippen molar-refractivity contribution in [2.24, 2.45) is 0 Å². The fraction of sp³-hybridized carbons (Fsp3) is 0.560. The Morgan fingerprint density at radius 1 is 1.00 bits per heavy atom. The summed E-state index contributed by atoms with van der Waals surface area (Å²) >= 11 is 2.97. The van der Waals surface area contributed by atoms with E-state index < -0.39 is 0 Å². The van der Waals surface area contributed by atoms with E-state index in [1.165, 1.54) is 54.8 Å². The Morgan fingerprint density at radius 3 is 2.29 bits per heavy atom. The molecule has 4 aromatic rings. The number of aryl methyl sites for hydroxylation is 2. The van der Waals surface area contributed by atoms with E-state index in [-0.39, 0.29) is 18.4 Å². The highest BCUT2D eigenvalue weighted by Gasteiger charge is 2.20. The quantitative estimate of drug-likeness (QED) is 0.264. The number of amides is 1. The third-order valence-corrected chi connectivity index (χ3v) is 7.19. The normalized spacial score (nSPS) is 14.0. The van der Waals surface area contributed by atoms with Crippen molar-refractivity contribution in [1.82, 2.24) is 30.7 Å². The van der Waals surface area contributed by atoms with Gasteiger partial charge in [0.1, 0.15) is 22.0 Å². The maximum absolute atomic E-state index is 11.9. The van der Waals surface area contributed by atoms with E-state index in [2.05, 4.69) is 48.3 Å². The number of hydrogen-bond donors (Lipinski definition) is 2. The molecule has 0 bridgehead atoms. The summed E-state index contributed by atoms with van der Waals surface area (Å²) < 4.78 is 10.2. The fourth-order valence-corrected chi connectivity index (χ4v) is 5.42. The highest BCUT2D eigenvalue weighted by atomic mass is 32.1. The van der Waals surface area contributed by atoms with Crippen molar-refractivity contribution in [3.05, 3.63) is 45.6 Å².